The van der Waals surface area contributed by atoms with Crippen molar-refractivity contribution in [1.29, 1.82) is 0 Å². The quantitative estimate of drug-likeness (QED) is 0.793. The Morgan fingerprint density at radius 3 is 2.37 bits per heavy atom. The average Bonchev–Trinajstić information content (AvgIpc) is 3.15. The number of carbonyl (C=O) groups excluding carboxylic acids is 1. The minimum atomic E-state index is -3.68. The summed E-state index contributed by atoms with van der Waals surface area (Å²) in [6.45, 7) is -0.00448. The molecule has 1 aromatic heterocycles. The van der Waals surface area contributed by atoms with Crippen LogP contribution in [0.1, 0.15) is 41.9 Å². The molecule has 1 aliphatic rings. The number of hydrogen-bond acceptors (Lipinski definition) is 5. The molecule has 1 aromatic carbocycles. The maximum Gasteiger partial charge on any atom is 0.254 e. The third-order valence-electron chi connectivity index (χ3n) is 4.54. The molecule has 0 spiro atoms. The van der Waals surface area contributed by atoms with E-state index in [4.69, 9.17) is 11.6 Å². The summed E-state index contributed by atoms with van der Waals surface area (Å²) in [5.74, 6) is 0.114. The van der Waals surface area contributed by atoms with Gasteiger partial charge in [-0.2, -0.15) is 4.31 Å². The van der Waals surface area contributed by atoms with Gasteiger partial charge in [-0.15, -0.1) is 0 Å². The van der Waals surface area contributed by atoms with Gasteiger partial charge in [0.2, 0.25) is 10.0 Å². The highest BCUT2D eigenvalue weighted by Gasteiger charge is 2.22. The molecule has 0 radical (unpaired) electrons. The number of hydrogen-bond donors (Lipinski definition) is 1. The Morgan fingerprint density at radius 2 is 1.78 bits per heavy atom. The van der Waals surface area contributed by atoms with Gasteiger partial charge in [-0.1, -0.05) is 24.4 Å². The highest BCUT2D eigenvalue weighted by molar-refractivity contribution is 7.89. The second-order valence-corrected chi connectivity index (χ2v) is 9.04. The smallest absolute Gasteiger partial charge is 0.254 e. The van der Waals surface area contributed by atoms with Crippen molar-refractivity contribution in [1.82, 2.24) is 19.6 Å². The van der Waals surface area contributed by atoms with Gasteiger partial charge in [0.05, 0.1) is 17.0 Å². The van der Waals surface area contributed by atoms with E-state index >= 15 is 0 Å². The zero-order chi connectivity index (χ0) is 19.4. The van der Waals surface area contributed by atoms with Crippen LogP contribution in [0.3, 0.4) is 0 Å². The molecular weight excluding hydrogens is 388 g/mol. The summed E-state index contributed by atoms with van der Waals surface area (Å²) >= 11 is 5.80. The van der Waals surface area contributed by atoms with E-state index in [1.165, 1.54) is 43.7 Å². The van der Waals surface area contributed by atoms with Gasteiger partial charge in [0.1, 0.15) is 5.82 Å². The lowest BCUT2D eigenvalue weighted by Gasteiger charge is -2.16. The summed E-state index contributed by atoms with van der Waals surface area (Å²) in [5, 5.41) is 3.43. The number of amides is 1. The Hall–Kier alpha value is -2.03. The molecule has 0 saturated heterocycles. The van der Waals surface area contributed by atoms with Gasteiger partial charge in [0, 0.05) is 30.5 Å². The van der Waals surface area contributed by atoms with Crippen LogP contribution in [0.25, 0.3) is 0 Å². The number of carbonyl (C=O) groups is 1. The lowest BCUT2D eigenvalue weighted by atomic mass is 10.2. The van der Waals surface area contributed by atoms with Crippen LogP contribution >= 0.6 is 11.6 Å². The van der Waals surface area contributed by atoms with Gasteiger partial charge in [-0.05, 0) is 37.1 Å². The minimum Gasteiger partial charge on any atom is -0.349 e. The largest absolute Gasteiger partial charge is 0.349 e. The fraction of sp³-hybridized carbons (Fsp3) is 0.389. The molecule has 0 unspecified atom stereocenters. The number of sulfonamides is 1. The molecule has 0 atom stereocenters. The first-order valence-electron chi connectivity index (χ1n) is 8.70. The first-order valence-corrected chi connectivity index (χ1v) is 10.5. The lowest BCUT2D eigenvalue weighted by molar-refractivity contribution is 0.0937. The molecule has 1 amide bonds. The molecule has 144 valence electrons. The Morgan fingerprint density at radius 1 is 1.19 bits per heavy atom. The molecule has 1 N–H and O–H groups in total. The molecule has 9 heteroatoms. The van der Waals surface area contributed by atoms with Crippen molar-refractivity contribution in [2.75, 3.05) is 7.05 Å². The summed E-state index contributed by atoms with van der Waals surface area (Å²) in [7, 11) is -2.23. The molecule has 1 aliphatic carbocycles. The lowest BCUT2D eigenvalue weighted by Crippen LogP contribution is -2.33. The monoisotopic (exact) mass is 408 g/mol. The second kappa shape index (κ2) is 8.33. The minimum absolute atomic E-state index is 0.00448. The predicted octanol–water partition coefficient (Wildman–Crippen LogP) is 2.62. The molecule has 2 aromatic rings. The molecule has 1 saturated carbocycles. The van der Waals surface area contributed by atoms with Crippen molar-refractivity contribution in [3.8, 4) is 0 Å². The van der Waals surface area contributed by atoms with Gasteiger partial charge in [-0.3, -0.25) is 4.79 Å². The number of benzene rings is 1. The van der Waals surface area contributed by atoms with Crippen LogP contribution in [-0.2, 0) is 16.6 Å². The van der Waals surface area contributed by atoms with Crippen LogP contribution in [0.2, 0.25) is 5.02 Å². The summed E-state index contributed by atoms with van der Waals surface area (Å²) < 4.78 is 26.3. The highest BCUT2D eigenvalue weighted by atomic mass is 35.5. The Labute approximate surface area is 163 Å². The average molecular weight is 409 g/mol. The van der Waals surface area contributed by atoms with E-state index in [-0.39, 0.29) is 23.4 Å². The fourth-order valence-corrected chi connectivity index (χ4v) is 4.21. The van der Waals surface area contributed by atoms with Crippen molar-refractivity contribution >= 4 is 27.5 Å². The van der Waals surface area contributed by atoms with Crippen molar-refractivity contribution in [2.24, 2.45) is 0 Å². The van der Waals surface area contributed by atoms with E-state index in [0.717, 1.165) is 30.0 Å². The molecular formula is C18H21ClN4O3S. The summed E-state index contributed by atoms with van der Waals surface area (Å²) in [6.07, 6.45) is 7.12. The van der Waals surface area contributed by atoms with E-state index in [0.29, 0.717) is 16.4 Å². The zero-order valence-corrected chi connectivity index (χ0v) is 16.5. The topological polar surface area (TPSA) is 92.3 Å². The summed E-state index contributed by atoms with van der Waals surface area (Å²) in [5.41, 5.74) is 0.369. The van der Waals surface area contributed by atoms with Crippen LogP contribution in [0.5, 0.6) is 0 Å². The molecule has 3 rings (SSSR count). The normalized spacial score (nSPS) is 15.2. The highest BCUT2D eigenvalue weighted by Crippen LogP contribution is 2.19. The van der Waals surface area contributed by atoms with E-state index < -0.39 is 10.0 Å². The molecule has 1 fully saturated rings. The van der Waals surface area contributed by atoms with Gasteiger partial charge >= 0.3 is 0 Å². The van der Waals surface area contributed by atoms with Crippen LogP contribution in [0.4, 0.5) is 0 Å². The Balaban J connectivity index is 1.64. The molecule has 1 heterocycles. The van der Waals surface area contributed by atoms with Gasteiger partial charge < -0.3 is 5.32 Å². The Kier molecular flexibility index (Phi) is 6.08. The van der Waals surface area contributed by atoms with Crippen LogP contribution < -0.4 is 5.32 Å². The second-order valence-electron chi connectivity index (χ2n) is 6.56. The number of aromatic nitrogens is 2. The van der Waals surface area contributed by atoms with Crippen molar-refractivity contribution in [2.45, 2.75) is 43.2 Å². The first-order chi connectivity index (χ1) is 12.9. The number of rotatable bonds is 6. The standard InChI is InChI=1S/C18H21ClN4O3S/c1-23(27(25,26)16-8-6-14(19)7-9-16)12-17-20-10-13(11-21-17)18(24)22-15-4-2-3-5-15/h6-11,15H,2-5,12H2,1H3,(H,22,24). The first kappa shape index (κ1) is 19.7. The zero-order valence-electron chi connectivity index (χ0n) is 14.9. The third kappa shape index (κ3) is 4.82. The number of nitrogens with one attached hydrogen (secondary N) is 1. The maximum atomic E-state index is 12.6. The van der Waals surface area contributed by atoms with Gasteiger partial charge in [-0.25, -0.2) is 18.4 Å². The van der Waals surface area contributed by atoms with Crippen LogP contribution in [0, 0.1) is 0 Å². The summed E-state index contributed by atoms with van der Waals surface area (Å²) in [6, 6.07) is 6.16. The van der Waals surface area contributed by atoms with Gasteiger partial charge in [0.25, 0.3) is 5.91 Å². The third-order valence-corrected chi connectivity index (χ3v) is 6.61. The van der Waals surface area contributed by atoms with Crippen molar-refractivity contribution in [3.63, 3.8) is 0 Å². The van der Waals surface area contributed by atoms with Crippen LogP contribution in [0.15, 0.2) is 41.6 Å². The molecule has 0 bridgehead atoms. The van der Waals surface area contributed by atoms with E-state index in [2.05, 4.69) is 15.3 Å². The van der Waals surface area contributed by atoms with E-state index in [1.54, 1.807) is 0 Å². The van der Waals surface area contributed by atoms with E-state index in [1.807, 2.05) is 0 Å². The number of nitrogens with zero attached hydrogens (tertiary/aromatic N) is 3. The van der Waals surface area contributed by atoms with Gasteiger partial charge in [0.15, 0.2) is 0 Å². The molecule has 7 nitrogen and oxygen atoms in total. The maximum absolute atomic E-state index is 12.6. The fourth-order valence-electron chi connectivity index (χ4n) is 2.96. The molecule has 27 heavy (non-hydrogen) atoms. The predicted molar refractivity (Wildman–Crippen MR) is 102 cm³/mol. The molecule has 0 aliphatic heterocycles. The van der Waals surface area contributed by atoms with Crippen LogP contribution in [-0.4, -0.2) is 41.7 Å². The SMILES string of the molecule is CN(Cc1ncc(C(=O)NC2CCCC2)cn1)S(=O)(=O)c1ccc(Cl)cc1. The Bertz CT molecular complexity index is 895. The van der Waals surface area contributed by atoms with Crippen molar-refractivity contribution < 1.29 is 13.2 Å². The van der Waals surface area contributed by atoms with E-state index in [9.17, 15) is 13.2 Å². The van der Waals surface area contributed by atoms with Crippen molar-refractivity contribution in [3.05, 3.63) is 53.1 Å². The number of halogens is 1. The summed E-state index contributed by atoms with van der Waals surface area (Å²) in [4.78, 5) is 20.6.